The molecule has 0 aliphatic carbocycles. The molecule has 0 saturated carbocycles. The van der Waals surface area contributed by atoms with Crippen LogP contribution in [0.2, 0.25) is 0 Å². The number of aromatic amines is 1. The highest BCUT2D eigenvalue weighted by atomic mass is 19.4. The number of nitrogens with one attached hydrogen (secondary N) is 1. The van der Waals surface area contributed by atoms with Crippen molar-refractivity contribution in [3.05, 3.63) is 40.4 Å². The number of nitrogens with zero attached hydrogens (tertiary/aromatic N) is 2. The van der Waals surface area contributed by atoms with Crippen LogP contribution in [0.4, 0.5) is 24.5 Å². The largest absolute Gasteiger partial charge is 0.497 e. The second kappa shape index (κ2) is 5.19. The van der Waals surface area contributed by atoms with E-state index in [0.717, 1.165) is 0 Å². The molecule has 1 aromatic heterocycles. The standard InChI is InChI=1S/C11H8F3N3O3/c1-19-7-4-2-6(3-5-7)15-16-8-9(11(12,13)14)17-20-10(8)18/h2-5,17H,1H3. The predicted octanol–water partition coefficient (Wildman–Crippen LogP) is 3.41. The van der Waals surface area contributed by atoms with Crippen molar-refractivity contribution in [2.45, 2.75) is 6.18 Å². The van der Waals surface area contributed by atoms with Crippen LogP contribution >= 0.6 is 0 Å². The lowest BCUT2D eigenvalue weighted by Crippen LogP contribution is -2.06. The van der Waals surface area contributed by atoms with Crippen LogP contribution in [-0.2, 0) is 6.18 Å². The zero-order chi connectivity index (χ0) is 14.8. The Balaban J connectivity index is 2.31. The van der Waals surface area contributed by atoms with Gasteiger partial charge in [-0.1, -0.05) is 0 Å². The molecule has 1 N–H and O–H groups in total. The number of aromatic nitrogens is 1. The van der Waals surface area contributed by atoms with Crippen LogP contribution in [0.25, 0.3) is 0 Å². The number of halogens is 3. The van der Waals surface area contributed by atoms with Crippen LogP contribution in [0.15, 0.2) is 43.8 Å². The third kappa shape index (κ3) is 2.87. The number of H-pyrrole nitrogens is 1. The number of benzene rings is 1. The Morgan fingerprint density at radius 1 is 1.20 bits per heavy atom. The number of alkyl halides is 3. The molecule has 2 aromatic rings. The molecule has 0 saturated heterocycles. The molecule has 0 bridgehead atoms. The summed E-state index contributed by atoms with van der Waals surface area (Å²) in [4.78, 5) is 11.1. The van der Waals surface area contributed by atoms with E-state index in [-0.39, 0.29) is 5.69 Å². The van der Waals surface area contributed by atoms with Gasteiger partial charge in [-0.2, -0.15) is 18.3 Å². The quantitative estimate of drug-likeness (QED) is 0.878. The zero-order valence-corrected chi connectivity index (χ0v) is 10.1. The van der Waals surface area contributed by atoms with Crippen molar-refractivity contribution >= 4 is 11.4 Å². The molecule has 0 aliphatic rings. The molecule has 106 valence electrons. The van der Waals surface area contributed by atoms with Crippen molar-refractivity contribution < 1.29 is 22.4 Å². The minimum atomic E-state index is -4.78. The van der Waals surface area contributed by atoms with Gasteiger partial charge in [0, 0.05) is 0 Å². The van der Waals surface area contributed by atoms with E-state index in [0.29, 0.717) is 5.75 Å². The Morgan fingerprint density at radius 2 is 1.85 bits per heavy atom. The molecule has 9 heteroatoms. The predicted molar refractivity (Wildman–Crippen MR) is 61.5 cm³/mol. The molecular formula is C11H8F3N3O3. The van der Waals surface area contributed by atoms with E-state index in [2.05, 4.69) is 14.8 Å². The number of hydrogen-bond acceptors (Lipinski definition) is 5. The second-order valence-electron chi connectivity index (χ2n) is 3.61. The molecule has 0 atom stereocenters. The fraction of sp³-hybridized carbons (Fsp3) is 0.182. The third-order valence-electron chi connectivity index (χ3n) is 2.30. The van der Waals surface area contributed by atoms with Crippen LogP contribution in [0.3, 0.4) is 0 Å². The van der Waals surface area contributed by atoms with Crippen LogP contribution in [0, 0.1) is 0 Å². The fourth-order valence-corrected chi connectivity index (χ4v) is 1.34. The third-order valence-corrected chi connectivity index (χ3v) is 2.30. The summed E-state index contributed by atoms with van der Waals surface area (Å²) in [6.45, 7) is 0. The SMILES string of the molecule is COc1ccc(N=Nc2c(C(F)(F)F)[nH]oc2=O)cc1. The van der Waals surface area contributed by atoms with Gasteiger partial charge in [0.25, 0.3) is 0 Å². The van der Waals surface area contributed by atoms with Crippen LogP contribution in [0.1, 0.15) is 5.69 Å². The average Bonchev–Trinajstić information content (AvgIpc) is 2.78. The van der Waals surface area contributed by atoms with Crippen molar-refractivity contribution in [1.82, 2.24) is 5.16 Å². The molecule has 2 rings (SSSR count). The van der Waals surface area contributed by atoms with Gasteiger partial charge in [0.1, 0.15) is 5.75 Å². The highest BCUT2D eigenvalue weighted by molar-refractivity contribution is 5.43. The van der Waals surface area contributed by atoms with Crippen molar-refractivity contribution in [2.24, 2.45) is 10.2 Å². The average molecular weight is 287 g/mol. The molecule has 0 radical (unpaired) electrons. The summed E-state index contributed by atoms with van der Waals surface area (Å²) in [7, 11) is 1.47. The maximum Gasteiger partial charge on any atom is 0.436 e. The Bertz CT molecular complexity index is 671. The molecule has 0 fully saturated rings. The minimum Gasteiger partial charge on any atom is -0.497 e. The van der Waals surface area contributed by atoms with Gasteiger partial charge in [0.15, 0.2) is 5.69 Å². The van der Waals surface area contributed by atoms with Crippen LogP contribution < -0.4 is 10.4 Å². The molecule has 0 spiro atoms. The Morgan fingerprint density at radius 3 is 2.40 bits per heavy atom. The molecule has 20 heavy (non-hydrogen) atoms. The molecule has 0 amide bonds. The van der Waals surface area contributed by atoms with Crippen molar-refractivity contribution in [3.63, 3.8) is 0 Å². The minimum absolute atomic E-state index is 0.263. The number of methoxy groups -OCH3 is 1. The van der Waals surface area contributed by atoms with E-state index in [1.165, 1.54) is 24.4 Å². The summed E-state index contributed by atoms with van der Waals surface area (Å²) in [6, 6.07) is 6.06. The second-order valence-corrected chi connectivity index (χ2v) is 3.61. The lowest BCUT2D eigenvalue weighted by molar-refractivity contribution is -0.142. The smallest absolute Gasteiger partial charge is 0.436 e. The van der Waals surface area contributed by atoms with Gasteiger partial charge in [0.05, 0.1) is 12.8 Å². The highest BCUT2D eigenvalue weighted by Crippen LogP contribution is 2.33. The fourth-order valence-electron chi connectivity index (χ4n) is 1.34. The molecule has 0 unspecified atom stereocenters. The molecule has 6 nitrogen and oxygen atoms in total. The van der Waals surface area contributed by atoms with E-state index >= 15 is 0 Å². The van der Waals surface area contributed by atoms with Gasteiger partial charge < -0.3 is 9.26 Å². The van der Waals surface area contributed by atoms with Gasteiger partial charge in [-0.05, 0) is 24.3 Å². The van der Waals surface area contributed by atoms with Gasteiger partial charge >= 0.3 is 11.8 Å². The molecule has 0 aliphatic heterocycles. The Hall–Kier alpha value is -2.58. The summed E-state index contributed by atoms with van der Waals surface area (Å²) < 4.78 is 46.6. The van der Waals surface area contributed by atoms with Gasteiger partial charge in [-0.25, -0.2) is 9.95 Å². The topological polar surface area (TPSA) is 80.0 Å². The van der Waals surface area contributed by atoms with Crippen LogP contribution in [-0.4, -0.2) is 12.3 Å². The molecule has 1 heterocycles. The van der Waals surface area contributed by atoms with Crippen molar-refractivity contribution in [1.29, 1.82) is 0 Å². The lowest BCUT2D eigenvalue weighted by atomic mass is 10.3. The first-order valence-electron chi connectivity index (χ1n) is 5.26. The summed E-state index contributed by atoms with van der Waals surface area (Å²) in [5.41, 5.74) is -3.28. The highest BCUT2D eigenvalue weighted by Gasteiger charge is 2.38. The van der Waals surface area contributed by atoms with Gasteiger partial charge in [-0.15, -0.1) is 5.11 Å². The van der Waals surface area contributed by atoms with Crippen molar-refractivity contribution in [2.75, 3.05) is 7.11 Å². The zero-order valence-electron chi connectivity index (χ0n) is 10.1. The first kappa shape index (κ1) is 13.8. The Labute approximate surface area is 109 Å². The van der Waals surface area contributed by atoms with E-state index in [1.807, 2.05) is 0 Å². The number of ether oxygens (including phenoxy) is 1. The van der Waals surface area contributed by atoms with Gasteiger partial charge in [-0.3, -0.25) is 0 Å². The maximum atomic E-state index is 12.5. The normalized spacial score (nSPS) is 12.0. The van der Waals surface area contributed by atoms with Crippen molar-refractivity contribution in [3.8, 4) is 5.75 Å². The van der Waals surface area contributed by atoms with E-state index in [4.69, 9.17) is 4.74 Å². The molecule has 1 aromatic carbocycles. The van der Waals surface area contributed by atoms with E-state index in [9.17, 15) is 18.0 Å². The lowest BCUT2D eigenvalue weighted by Gasteiger charge is -2.01. The summed E-state index contributed by atoms with van der Waals surface area (Å²) in [5, 5.41) is 8.32. The number of rotatable bonds is 3. The summed E-state index contributed by atoms with van der Waals surface area (Å²) in [6.07, 6.45) is -4.78. The van der Waals surface area contributed by atoms with E-state index < -0.39 is 23.2 Å². The Kier molecular flexibility index (Phi) is 3.59. The number of hydrogen-bond donors (Lipinski definition) is 1. The van der Waals surface area contributed by atoms with Gasteiger partial charge in [0.2, 0.25) is 5.69 Å². The van der Waals surface area contributed by atoms with Crippen LogP contribution in [0.5, 0.6) is 5.75 Å². The summed E-state index contributed by atoms with van der Waals surface area (Å²) in [5.74, 6) is 0.557. The first-order valence-corrected chi connectivity index (χ1v) is 5.26. The monoisotopic (exact) mass is 287 g/mol. The first-order chi connectivity index (χ1) is 9.41. The number of azo groups is 1. The van der Waals surface area contributed by atoms with E-state index in [1.54, 1.807) is 12.1 Å². The summed E-state index contributed by atoms with van der Waals surface area (Å²) >= 11 is 0. The molecular weight excluding hydrogens is 279 g/mol. The maximum absolute atomic E-state index is 12.5.